The Morgan fingerprint density at radius 3 is 1.40 bits per heavy atom. The van der Waals surface area contributed by atoms with Crippen LogP contribution in [0.1, 0.15) is 13.8 Å². The summed E-state index contributed by atoms with van der Waals surface area (Å²) in [4.78, 5) is 0. The summed E-state index contributed by atoms with van der Waals surface area (Å²) in [6.07, 6.45) is 0. The lowest BCUT2D eigenvalue weighted by atomic mass is 10.4. The molecule has 0 fully saturated rings. The molecule has 0 aromatic rings. The number of hydrogen-bond acceptors (Lipinski definition) is 7. The van der Waals surface area contributed by atoms with Crippen LogP contribution in [0.2, 0.25) is 0 Å². The molecule has 0 aromatic carbocycles. The third-order valence-corrected chi connectivity index (χ3v) is 1.44. The predicted molar refractivity (Wildman–Crippen MR) is 56.3 cm³/mol. The van der Waals surface area contributed by atoms with E-state index in [1.807, 2.05) is 13.8 Å². The Balaban J connectivity index is 4.04. The number of nitrogens with two attached hydrogens (primary N) is 4. The van der Waals surface area contributed by atoms with Gasteiger partial charge >= 0.3 is 0 Å². The van der Waals surface area contributed by atoms with Gasteiger partial charge in [-0.3, -0.25) is 22.9 Å². The fourth-order valence-electron chi connectivity index (χ4n) is 0.936. The van der Waals surface area contributed by atoms with Gasteiger partial charge in [0, 0.05) is 13.2 Å². The smallest absolute Gasteiger partial charge is 0.197 e. The molecule has 92 valence electrons. The van der Waals surface area contributed by atoms with E-state index in [-0.39, 0.29) is 13.2 Å². The second-order valence-corrected chi connectivity index (χ2v) is 3.29. The second-order valence-electron chi connectivity index (χ2n) is 3.29. The molecule has 7 nitrogen and oxygen atoms in total. The summed E-state index contributed by atoms with van der Waals surface area (Å²) in [7, 11) is 0. The van der Waals surface area contributed by atoms with E-state index in [4.69, 9.17) is 37.1 Å². The molecule has 7 heteroatoms. The average Bonchev–Trinajstić information content (AvgIpc) is 2.10. The van der Waals surface area contributed by atoms with Gasteiger partial charge in [0.05, 0.1) is 0 Å². The van der Waals surface area contributed by atoms with Crippen molar-refractivity contribution in [2.24, 2.45) is 22.9 Å². The van der Waals surface area contributed by atoms with Crippen molar-refractivity contribution in [2.75, 3.05) is 26.4 Å². The number of ether oxygens (including phenoxy) is 3. The van der Waals surface area contributed by atoms with Crippen molar-refractivity contribution in [3.63, 3.8) is 0 Å². The standard InChI is InChI=1S/C8H22N4O3/c1-3-13-5-7(9,10)15-8(11,12)6-14-4-2/h3-6,9-12H2,1-2H3. The van der Waals surface area contributed by atoms with E-state index in [9.17, 15) is 0 Å². The molecule has 0 aromatic heterocycles. The quantitative estimate of drug-likeness (QED) is 0.357. The summed E-state index contributed by atoms with van der Waals surface area (Å²) in [5, 5.41) is 0. The maximum atomic E-state index is 5.58. The monoisotopic (exact) mass is 222 g/mol. The third-order valence-electron chi connectivity index (χ3n) is 1.44. The van der Waals surface area contributed by atoms with Crippen LogP contribution in [0.25, 0.3) is 0 Å². The zero-order valence-corrected chi connectivity index (χ0v) is 9.36. The van der Waals surface area contributed by atoms with Crippen LogP contribution in [-0.2, 0) is 14.2 Å². The Kier molecular flexibility index (Phi) is 6.22. The SMILES string of the molecule is CCOCC(N)(N)OC(N)(N)COCC. The van der Waals surface area contributed by atoms with Crippen LogP contribution in [0.3, 0.4) is 0 Å². The van der Waals surface area contributed by atoms with E-state index >= 15 is 0 Å². The molecule has 8 N–H and O–H groups in total. The lowest BCUT2D eigenvalue weighted by Crippen LogP contribution is -2.67. The van der Waals surface area contributed by atoms with Gasteiger partial charge in [-0.25, -0.2) is 0 Å². The van der Waals surface area contributed by atoms with Gasteiger partial charge in [-0.2, -0.15) is 0 Å². The fraction of sp³-hybridized carbons (Fsp3) is 1.00. The topological polar surface area (TPSA) is 132 Å². The number of rotatable bonds is 8. The Bertz CT molecular complexity index is 157. The molecule has 0 amide bonds. The first-order chi connectivity index (χ1) is 6.83. The van der Waals surface area contributed by atoms with Crippen molar-refractivity contribution in [1.29, 1.82) is 0 Å². The van der Waals surface area contributed by atoms with E-state index in [1.165, 1.54) is 0 Å². The van der Waals surface area contributed by atoms with E-state index in [0.29, 0.717) is 13.2 Å². The van der Waals surface area contributed by atoms with Gasteiger partial charge in [0.1, 0.15) is 13.2 Å². The van der Waals surface area contributed by atoms with Crippen molar-refractivity contribution in [3.8, 4) is 0 Å². The molecule has 0 bridgehead atoms. The van der Waals surface area contributed by atoms with Crippen molar-refractivity contribution < 1.29 is 14.2 Å². The zero-order chi connectivity index (χ0) is 11.9. The van der Waals surface area contributed by atoms with Crippen LogP contribution in [0.15, 0.2) is 0 Å². The van der Waals surface area contributed by atoms with E-state index in [2.05, 4.69) is 0 Å². The van der Waals surface area contributed by atoms with Crippen molar-refractivity contribution in [2.45, 2.75) is 25.5 Å². The fourth-order valence-corrected chi connectivity index (χ4v) is 0.936. The first-order valence-corrected chi connectivity index (χ1v) is 4.84. The highest BCUT2D eigenvalue weighted by Crippen LogP contribution is 2.04. The lowest BCUT2D eigenvalue weighted by Gasteiger charge is -2.34. The highest BCUT2D eigenvalue weighted by atomic mass is 16.6. The Morgan fingerprint density at radius 1 is 0.800 bits per heavy atom. The van der Waals surface area contributed by atoms with Crippen LogP contribution < -0.4 is 22.9 Å². The second kappa shape index (κ2) is 6.33. The summed E-state index contributed by atoms with van der Waals surface area (Å²) < 4.78 is 15.1. The minimum absolute atomic E-state index is 0.00573. The van der Waals surface area contributed by atoms with Gasteiger partial charge in [-0.1, -0.05) is 0 Å². The largest absolute Gasteiger partial charge is 0.376 e. The van der Waals surface area contributed by atoms with Crippen LogP contribution in [0.4, 0.5) is 0 Å². The molecule has 0 spiro atoms. The molecule has 0 unspecified atom stereocenters. The van der Waals surface area contributed by atoms with Gasteiger partial charge in [0.15, 0.2) is 11.7 Å². The first kappa shape index (κ1) is 14.7. The zero-order valence-electron chi connectivity index (χ0n) is 9.36. The van der Waals surface area contributed by atoms with Crippen LogP contribution in [0, 0.1) is 0 Å². The molecule has 15 heavy (non-hydrogen) atoms. The molecule has 0 aliphatic heterocycles. The van der Waals surface area contributed by atoms with Crippen LogP contribution in [-0.4, -0.2) is 38.1 Å². The lowest BCUT2D eigenvalue weighted by molar-refractivity contribution is -0.193. The minimum atomic E-state index is -1.52. The molecule has 0 aliphatic carbocycles. The maximum Gasteiger partial charge on any atom is 0.197 e. The molecular formula is C8H22N4O3. The Morgan fingerprint density at radius 2 is 1.13 bits per heavy atom. The van der Waals surface area contributed by atoms with Crippen molar-refractivity contribution in [3.05, 3.63) is 0 Å². The summed E-state index contributed by atoms with van der Waals surface area (Å²) in [6, 6.07) is 0. The summed E-state index contributed by atoms with van der Waals surface area (Å²) in [6.45, 7) is 4.60. The molecule has 0 saturated heterocycles. The van der Waals surface area contributed by atoms with Crippen molar-refractivity contribution >= 4 is 0 Å². The molecule has 0 rings (SSSR count). The van der Waals surface area contributed by atoms with Gasteiger partial charge in [-0.05, 0) is 13.8 Å². The molecule has 0 saturated carbocycles. The highest BCUT2D eigenvalue weighted by Gasteiger charge is 2.31. The van der Waals surface area contributed by atoms with E-state index in [0.717, 1.165) is 0 Å². The summed E-state index contributed by atoms with van der Waals surface area (Å²) in [5.74, 6) is -3.03. The third kappa shape index (κ3) is 7.63. The molecular weight excluding hydrogens is 200 g/mol. The van der Waals surface area contributed by atoms with Gasteiger partial charge in [-0.15, -0.1) is 0 Å². The first-order valence-electron chi connectivity index (χ1n) is 4.84. The number of hydrogen-bond donors (Lipinski definition) is 4. The Labute approximate surface area is 90.0 Å². The Hall–Kier alpha value is -0.280. The average molecular weight is 222 g/mol. The van der Waals surface area contributed by atoms with Gasteiger partial charge < -0.3 is 14.2 Å². The summed E-state index contributed by atoms with van der Waals surface area (Å²) in [5.41, 5.74) is 22.3. The predicted octanol–water partition coefficient (Wildman–Crippen LogP) is -1.78. The van der Waals surface area contributed by atoms with Crippen LogP contribution >= 0.6 is 0 Å². The van der Waals surface area contributed by atoms with Crippen molar-refractivity contribution in [1.82, 2.24) is 0 Å². The minimum Gasteiger partial charge on any atom is -0.376 e. The van der Waals surface area contributed by atoms with Gasteiger partial charge in [0.2, 0.25) is 0 Å². The summed E-state index contributed by atoms with van der Waals surface area (Å²) >= 11 is 0. The molecule has 0 heterocycles. The van der Waals surface area contributed by atoms with E-state index in [1.54, 1.807) is 0 Å². The maximum absolute atomic E-state index is 5.58. The normalized spacial score (nSPS) is 13.2. The van der Waals surface area contributed by atoms with E-state index < -0.39 is 11.7 Å². The molecule has 0 atom stereocenters. The molecule has 0 aliphatic rings. The molecule has 0 radical (unpaired) electrons. The van der Waals surface area contributed by atoms with Crippen LogP contribution in [0.5, 0.6) is 0 Å². The highest BCUT2D eigenvalue weighted by molar-refractivity contribution is 4.72. The van der Waals surface area contributed by atoms with Gasteiger partial charge in [0.25, 0.3) is 0 Å².